The molecule has 0 amide bonds. The van der Waals surface area contributed by atoms with Gasteiger partial charge in [-0.1, -0.05) is 23.8 Å². The van der Waals surface area contributed by atoms with Gasteiger partial charge in [0.1, 0.15) is 6.29 Å². The summed E-state index contributed by atoms with van der Waals surface area (Å²) in [6.45, 7) is 0. The van der Waals surface area contributed by atoms with Crippen LogP contribution in [-0.2, 0) is 4.79 Å². The fourth-order valence-electron chi connectivity index (χ4n) is 0.811. The highest BCUT2D eigenvalue weighted by Crippen LogP contribution is 2.15. The molecule has 2 nitrogen and oxygen atoms in total. The molecule has 13 heavy (non-hydrogen) atoms. The summed E-state index contributed by atoms with van der Waals surface area (Å²) in [6, 6.07) is 1.49. The molecule has 0 aliphatic rings. The third kappa shape index (κ3) is 2.63. The van der Waals surface area contributed by atoms with Gasteiger partial charge in [-0.3, -0.25) is 0 Å². The van der Waals surface area contributed by atoms with Crippen LogP contribution in [0, 0.1) is 5.82 Å². The number of pyridine rings is 1. The maximum Gasteiger partial charge on any atom is 0.167 e. The van der Waals surface area contributed by atoms with Crippen molar-refractivity contribution in [2.75, 3.05) is 0 Å². The van der Waals surface area contributed by atoms with Crippen molar-refractivity contribution in [3.05, 3.63) is 34.9 Å². The van der Waals surface area contributed by atoms with E-state index in [1.807, 2.05) is 0 Å². The third-order valence-electron chi connectivity index (χ3n) is 1.41. The van der Waals surface area contributed by atoms with Crippen LogP contribution in [0.25, 0.3) is 6.08 Å². The summed E-state index contributed by atoms with van der Waals surface area (Å²) in [5.41, 5.74) is 0.335. The number of aldehydes is 1. The van der Waals surface area contributed by atoms with E-state index in [4.69, 9.17) is 11.6 Å². The summed E-state index contributed by atoms with van der Waals surface area (Å²) in [6.07, 6.45) is 5.46. The summed E-state index contributed by atoms with van der Waals surface area (Å²) in [7, 11) is 0. The quantitative estimate of drug-likeness (QED) is 0.553. The molecule has 0 aliphatic carbocycles. The molecule has 1 aromatic rings. The first-order chi connectivity index (χ1) is 6.25. The lowest BCUT2D eigenvalue weighted by Gasteiger charge is -1.96. The summed E-state index contributed by atoms with van der Waals surface area (Å²) in [5.74, 6) is -0.564. The van der Waals surface area contributed by atoms with Gasteiger partial charge in [0, 0.05) is 18.2 Å². The van der Waals surface area contributed by atoms with Crippen molar-refractivity contribution in [2.45, 2.75) is 6.42 Å². The van der Waals surface area contributed by atoms with Crippen molar-refractivity contribution in [1.29, 1.82) is 0 Å². The second-order valence-electron chi connectivity index (χ2n) is 2.31. The van der Waals surface area contributed by atoms with Crippen LogP contribution in [0.2, 0.25) is 5.15 Å². The second-order valence-corrected chi connectivity index (χ2v) is 2.67. The van der Waals surface area contributed by atoms with Crippen molar-refractivity contribution >= 4 is 24.0 Å². The zero-order valence-corrected chi connectivity index (χ0v) is 7.46. The van der Waals surface area contributed by atoms with Crippen molar-refractivity contribution < 1.29 is 9.18 Å². The molecule has 0 spiro atoms. The minimum atomic E-state index is -0.564. The van der Waals surface area contributed by atoms with E-state index in [1.165, 1.54) is 18.3 Å². The summed E-state index contributed by atoms with van der Waals surface area (Å²) in [5, 5.41) is -0.159. The molecule has 0 bridgehead atoms. The molecule has 0 fully saturated rings. The van der Waals surface area contributed by atoms with Crippen LogP contribution in [0.3, 0.4) is 0 Å². The van der Waals surface area contributed by atoms with E-state index in [1.54, 1.807) is 6.08 Å². The number of hydrogen-bond acceptors (Lipinski definition) is 2. The monoisotopic (exact) mass is 199 g/mol. The molecule has 0 aromatic carbocycles. The van der Waals surface area contributed by atoms with Gasteiger partial charge in [-0.15, -0.1) is 0 Å². The van der Waals surface area contributed by atoms with Gasteiger partial charge in [-0.05, 0) is 6.07 Å². The SMILES string of the molecule is O=CCC=Cc1ccnc(Cl)c1F. The number of aromatic nitrogens is 1. The minimum Gasteiger partial charge on any atom is -0.303 e. The van der Waals surface area contributed by atoms with Gasteiger partial charge >= 0.3 is 0 Å². The molecule has 1 heterocycles. The molecule has 0 radical (unpaired) electrons. The van der Waals surface area contributed by atoms with Crippen LogP contribution in [-0.4, -0.2) is 11.3 Å². The highest BCUT2D eigenvalue weighted by atomic mass is 35.5. The first-order valence-electron chi connectivity index (χ1n) is 3.66. The molecule has 0 saturated heterocycles. The average Bonchev–Trinajstić information content (AvgIpc) is 2.13. The smallest absolute Gasteiger partial charge is 0.167 e. The van der Waals surface area contributed by atoms with Crippen molar-refractivity contribution in [2.24, 2.45) is 0 Å². The Morgan fingerprint density at radius 1 is 1.62 bits per heavy atom. The Kier molecular flexibility index (Phi) is 3.58. The molecule has 4 heteroatoms. The molecule has 0 aliphatic heterocycles. The molecule has 68 valence electrons. The molecule has 1 aromatic heterocycles. The van der Waals surface area contributed by atoms with Gasteiger partial charge in [0.15, 0.2) is 11.0 Å². The van der Waals surface area contributed by atoms with Crippen LogP contribution in [0.4, 0.5) is 4.39 Å². The van der Waals surface area contributed by atoms with Crippen LogP contribution < -0.4 is 0 Å². The first-order valence-corrected chi connectivity index (χ1v) is 4.03. The van der Waals surface area contributed by atoms with E-state index in [9.17, 15) is 9.18 Å². The van der Waals surface area contributed by atoms with E-state index in [0.717, 1.165) is 6.29 Å². The Morgan fingerprint density at radius 2 is 2.38 bits per heavy atom. The fourth-order valence-corrected chi connectivity index (χ4v) is 0.977. The van der Waals surface area contributed by atoms with Gasteiger partial charge in [-0.2, -0.15) is 0 Å². The lowest BCUT2D eigenvalue weighted by atomic mass is 10.2. The zero-order valence-electron chi connectivity index (χ0n) is 6.71. The number of rotatable bonds is 3. The van der Waals surface area contributed by atoms with Gasteiger partial charge in [0.05, 0.1) is 0 Å². The van der Waals surface area contributed by atoms with Gasteiger partial charge in [-0.25, -0.2) is 9.37 Å². The Balaban J connectivity index is 2.88. The van der Waals surface area contributed by atoms with Crippen LogP contribution >= 0.6 is 11.6 Å². The van der Waals surface area contributed by atoms with Crippen LogP contribution in [0.15, 0.2) is 18.3 Å². The normalized spacial score (nSPS) is 10.6. The molecular weight excluding hydrogens is 193 g/mol. The van der Waals surface area contributed by atoms with Crippen LogP contribution in [0.1, 0.15) is 12.0 Å². The number of hydrogen-bond donors (Lipinski definition) is 0. The molecule has 0 N–H and O–H groups in total. The average molecular weight is 200 g/mol. The van der Waals surface area contributed by atoms with Gasteiger partial charge < -0.3 is 4.79 Å². The predicted molar refractivity (Wildman–Crippen MR) is 48.9 cm³/mol. The number of carbonyl (C=O) groups is 1. The van der Waals surface area contributed by atoms with Crippen LogP contribution in [0.5, 0.6) is 0 Å². The molecular formula is C9H7ClFNO. The van der Waals surface area contributed by atoms with E-state index in [-0.39, 0.29) is 11.6 Å². The molecule has 1 rings (SSSR count). The summed E-state index contributed by atoms with van der Waals surface area (Å²) in [4.78, 5) is 13.5. The Hall–Kier alpha value is -1.22. The first kappa shape index (κ1) is 9.86. The highest BCUT2D eigenvalue weighted by molar-refractivity contribution is 6.29. The Morgan fingerprint density at radius 3 is 3.08 bits per heavy atom. The zero-order chi connectivity index (χ0) is 9.68. The van der Waals surface area contributed by atoms with E-state index >= 15 is 0 Å². The molecule has 0 atom stereocenters. The maximum absolute atomic E-state index is 13.1. The topological polar surface area (TPSA) is 30.0 Å². The molecule has 0 unspecified atom stereocenters. The van der Waals surface area contributed by atoms with Gasteiger partial charge in [0.2, 0.25) is 0 Å². The van der Waals surface area contributed by atoms with E-state index < -0.39 is 5.82 Å². The van der Waals surface area contributed by atoms with Crippen molar-refractivity contribution in [3.63, 3.8) is 0 Å². The number of allylic oxidation sites excluding steroid dienone is 1. The lowest BCUT2D eigenvalue weighted by molar-refractivity contribution is -0.107. The summed E-state index contributed by atoms with van der Waals surface area (Å²) >= 11 is 5.44. The predicted octanol–water partition coefficient (Wildman–Crippen LogP) is 2.48. The fraction of sp³-hybridized carbons (Fsp3) is 0.111. The largest absolute Gasteiger partial charge is 0.303 e. The van der Waals surface area contributed by atoms with E-state index in [2.05, 4.69) is 4.98 Å². The minimum absolute atomic E-state index is 0.159. The number of carbonyl (C=O) groups excluding carboxylic acids is 1. The number of nitrogens with zero attached hydrogens (tertiary/aromatic N) is 1. The molecule has 0 saturated carbocycles. The number of halogens is 2. The van der Waals surface area contributed by atoms with Crippen molar-refractivity contribution in [1.82, 2.24) is 4.98 Å². The standard InChI is InChI=1S/C9H7ClFNO/c10-9-8(11)7(4-5-12-9)3-1-2-6-13/h1,3-6H,2H2. The summed E-state index contributed by atoms with van der Waals surface area (Å²) < 4.78 is 13.1. The maximum atomic E-state index is 13.1. The Labute approximate surface area is 80.1 Å². The lowest BCUT2D eigenvalue weighted by Crippen LogP contribution is -1.86. The second kappa shape index (κ2) is 4.72. The Bertz CT molecular complexity index is 338. The van der Waals surface area contributed by atoms with Gasteiger partial charge in [0.25, 0.3) is 0 Å². The van der Waals surface area contributed by atoms with E-state index in [0.29, 0.717) is 5.56 Å². The third-order valence-corrected chi connectivity index (χ3v) is 1.67. The van der Waals surface area contributed by atoms with Crippen molar-refractivity contribution in [3.8, 4) is 0 Å². The highest BCUT2D eigenvalue weighted by Gasteiger charge is 2.03.